The van der Waals surface area contributed by atoms with E-state index in [0.29, 0.717) is 0 Å². The van der Waals surface area contributed by atoms with Crippen molar-refractivity contribution in [3.63, 3.8) is 0 Å². The van der Waals surface area contributed by atoms with Crippen LogP contribution < -0.4 is 10.1 Å². The van der Waals surface area contributed by atoms with Gasteiger partial charge in [0.1, 0.15) is 23.7 Å². The predicted octanol–water partition coefficient (Wildman–Crippen LogP) is 2.98. The number of anilines is 1. The Morgan fingerprint density at radius 1 is 1.29 bits per heavy atom. The molecular weight excluding hydrogens is 302 g/mol. The highest BCUT2D eigenvalue weighted by atomic mass is 16.5. The fourth-order valence-corrected chi connectivity index (χ4v) is 3.55. The number of rotatable bonds is 5. The van der Waals surface area contributed by atoms with Crippen LogP contribution in [0.2, 0.25) is 0 Å². The SMILES string of the molecule is COc1ccccc1C1(CNc2cc3nncn3c(C)n2)CCC1. The van der Waals surface area contributed by atoms with Crippen molar-refractivity contribution < 1.29 is 4.74 Å². The topological polar surface area (TPSA) is 64.3 Å². The van der Waals surface area contributed by atoms with E-state index in [-0.39, 0.29) is 5.41 Å². The minimum atomic E-state index is 0.113. The Balaban J connectivity index is 1.60. The highest BCUT2D eigenvalue weighted by molar-refractivity contribution is 5.51. The molecule has 0 unspecified atom stereocenters. The molecule has 1 aliphatic carbocycles. The van der Waals surface area contributed by atoms with E-state index >= 15 is 0 Å². The number of nitrogens with zero attached hydrogens (tertiary/aromatic N) is 4. The Morgan fingerprint density at radius 2 is 2.12 bits per heavy atom. The molecule has 1 aliphatic rings. The smallest absolute Gasteiger partial charge is 0.165 e. The summed E-state index contributed by atoms with van der Waals surface area (Å²) < 4.78 is 7.46. The van der Waals surface area contributed by atoms with Crippen molar-refractivity contribution in [1.82, 2.24) is 19.6 Å². The second-order valence-electron chi connectivity index (χ2n) is 6.44. The number of aromatic nitrogens is 4. The molecule has 0 spiro atoms. The van der Waals surface area contributed by atoms with Gasteiger partial charge in [-0.2, -0.15) is 0 Å². The van der Waals surface area contributed by atoms with Crippen LogP contribution in [0.15, 0.2) is 36.7 Å². The van der Waals surface area contributed by atoms with Crippen LogP contribution in [0.25, 0.3) is 5.65 Å². The molecule has 4 rings (SSSR count). The van der Waals surface area contributed by atoms with Crippen LogP contribution in [0.5, 0.6) is 5.75 Å². The molecule has 24 heavy (non-hydrogen) atoms. The zero-order valence-electron chi connectivity index (χ0n) is 14.0. The molecule has 1 saturated carbocycles. The zero-order valence-corrected chi connectivity index (χ0v) is 14.0. The molecule has 1 aromatic carbocycles. The molecule has 0 bridgehead atoms. The van der Waals surface area contributed by atoms with Crippen LogP contribution in [0.3, 0.4) is 0 Å². The maximum atomic E-state index is 5.58. The van der Waals surface area contributed by atoms with Crippen molar-refractivity contribution in [2.45, 2.75) is 31.6 Å². The van der Waals surface area contributed by atoms with E-state index in [0.717, 1.165) is 42.4 Å². The van der Waals surface area contributed by atoms with Gasteiger partial charge in [0.25, 0.3) is 0 Å². The summed E-state index contributed by atoms with van der Waals surface area (Å²) in [5.41, 5.74) is 2.21. The van der Waals surface area contributed by atoms with Gasteiger partial charge in [0.15, 0.2) is 5.65 Å². The van der Waals surface area contributed by atoms with Crippen molar-refractivity contribution in [2.24, 2.45) is 0 Å². The Bertz CT molecular complexity index is 869. The minimum Gasteiger partial charge on any atom is -0.496 e. The average molecular weight is 323 g/mol. The van der Waals surface area contributed by atoms with E-state index in [1.54, 1.807) is 13.4 Å². The molecule has 6 heteroatoms. The van der Waals surface area contributed by atoms with Crippen LogP contribution >= 0.6 is 0 Å². The third-order valence-electron chi connectivity index (χ3n) is 5.07. The highest BCUT2D eigenvalue weighted by Crippen LogP contribution is 2.47. The number of hydrogen-bond donors (Lipinski definition) is 1. The molecule has 0 radical (unpaired) electrons. The third kappa shape index (κ3) is 2.38. The summed E-state index contributed by atoms with van der Waals surface area (Å²) in [5.74, 6) is 2.69. The van der Waals surface area contributed by atoms with Crippen LogP contribution in [0.4, 0.5) is 5.82 Å². The predicted molar refractivity (Wildman–Crippen MR) is 92.5 cm³/mol. The molecule has 2 aromatic heterocycles. The van der Waals surface area contributed by atoms with Crippen LogP contribution in [0.1, 0.15) is 30.7 Å². The van der Waals surface area contributed by atoms with Gasteiger partial charge in [0.05, 0.1) is 7.11 Å². The summed E-state index contributed by atoms with van der Waals surface area (Å²) in [5, 5.41) is 11.6. The molecule has 0 aliphatic heterocycles. The summed E-state index contributed by atoms with van der Waals surface area (Å²) in [4.78, 5) is 4.61. The molecule has 1 N–H and O–H groups in total. The van der Waals surface area contributed by atoms with Gasteiger partial charge in [-0.3, -0.25) is 4.40 Å². The van der Waals surface area contributed by atoms with E-state index in [9.17, 15) is 0 Å². The number of ether oxygens (including phenoxy) is 1. The van der Waals surface area contributed by atoms with Crippen molar-refractivity contribution in [1.29, 1.82) is 0 Å². The lowest BCUT2D eigenvalue weighted by molar-refractivity contribution is 0.250. The Hall–Kier alpha value is -2.63. The van der Waals surface area contributed by atoms with Gasteiger partial charge in [-0.05, 0) is 25.8 Å². The van der Waals surface area contributed by atoms with E-state index in [1.165, 1.54) is 12.0 Å². The molecule has 0 amide bonds. The quantitative estimate of drug-likeness (QED) is 0.782. The van der Waals surface area contributed by atoms with Gasteiger partial charge >= 0.3 is 0 Å². The normalized spacial score (nSPS) is 15.9. The maximum Gasteiger partial charge on any atom is 0.165 e. The van der Waals surface area contributed by atoms with Gasteiger partial charge in [0.2, 0.25) is 0 Å². The monoisotopic (exact) mass is 323 g/mol. The fraction of sp³-hybridized carbons (Fsp3) is 0.389. The molecule has 3 aromatic rings. The first-order valence-corrected chi connectivity index (χ1v) is 8.27. The van der Waals surface area contributed by atoms with Crippen molar-refractivity contribution in [3.8, 4) is 5.75 Å². The Morgan fingerprint density at radius 3 is 2.88 bits per heavy atom. The number of aryl methyl sites for hydroxylation is 1. The highest BCUT2D eigenvalue weighted by Gasteiger charge is 2.40. The molecular formula is C18H21N5O. The summed E-state index contributed by atoms with van der Waals surface area (Å²) in [6, 6.07) is 10.3. The zero-order chi connectivity index (χ0) is 16.6. The number of methoxy groups -OCH3 is 1. The van der Waals surface area contributed by atoms with E-state index in [4.69, 9.17) is 4.74 Å². The lowest BCUT2D eigenvalue weighted by Gasteiger charge is -2.43. The summed E-state index contributed by atoms with van der Waals surface area (Å²) in [6.07, 6.45) is 5.25. The number of para-hydroxylation sites is 1. The first kappa shape index (κ1) is 14.9. The van der Waals surface area contributed by atoms with Crippen molar-refractivity contribution in [3.05, 3.63) is 48.0 Å². The summed E-state index contributed by atoms with van der Waals surface area (Å²) in [7, 11) is 1.74. The first-order chi connectivity index (χ1) is 11.7. The number of fused-ring (bicyclic) bond motifs is 1. The summed E-state index contributed by atoms with van der Waals surface area (Å²) >= 11 is 0. The van der Waals surface area contributed by atoms with Gasteiger partial charge in [-0.1, -0.05) is 24.6 Å². The fourth-order valence-electron chi connectivity index (χ4n) is 3.55. The number of hydrogen-bond acceptors (Lipinski definition) is 5. The molecule has 1 fully saturated rings. The minimum absolute atomic E-state index is 0.113. The second kappa shape index (κ2) is 5.78. The molecule has 124 valence electrons. The maximum absolute atomic E-state index is 5.58. The molecule has 6 nitrogen and oxygen atoms in total. The van der Waals surface area contributed by atoms with Gasteiger partial charge in [0, 0.05) is 23.6 Å². The van der Waals surface area contributed by atoms with Crippen LogP contribution in [-0.4, -0.2) is 33.2 Å². The second-order valence-corrected chi connectivity index (χ2v) is 6.44. The first-order valence-electron chi connectivity index (χ1n) is 8.27. The van der Waals surface area contributed by atoms with E-state index in [2.05, 4.69) is 32.6 Å². The lowest BCUT2D eigenvalue weighted by atomic mass is 9.64. The third-order valence-corrected chi connectivity index (χ3v) is 5.07. The number of benzene rings is 1. The Kier molecular flexibility index (Phi) is 3.59. The van der Waals surface area contributed by atoms with Crippen molar-refractivity contribution in [2.75, 3.05) is 19.0 Å². The van der Waals surface area contributed by atoms with Crippen LogP contribution in [-0.2, 0) is 5.41 Å². The standard InChI is InChI=1S/C18H21N5O/c1-13-21-16(10-17-22-20-12-23(13)17)19-11-18(8-5-9-18)14-6-3-4-7-15(14)24-2/h3-4,6-7,10,12,19H,5,8-9,11H2,1-2H3. The number of nitrogens with one attached hydrogen (secondary N) is 1. The summed E-state index contributed by atoms with van der Waals surface area (Å²) in [6.45, 7) is 2.80. The Labute approximate surface area is 140 Å². The molecule has 0 saturated heterocycles. The lowest BCUT2D eigenvalue weighted by Crippen LogP contribution is -2.41. The van der Waals surface area contributed by atoms with Crippen LogP contribution in [0, 0.1) is 6.92 Å². The molecule has 2 heterocycles. The largest absolute Gasteiger partial charge is 0.496 e. The molecule has 0 atom stereocenters. The van der Waals surface area contributed by atoms with Gasteiger partial charge in [-0.15, -0.1) is 10.2 Å². The van der Waals surface area contributed by atoms with Gasteiger partial charge < -0.3 is 10.1 Å². The van der Waals surface area contributed by atoms with Crippen molar-refractivity contribution >= 4 is 11.5 Å². The van der Waals surface area contributed by atoms with E-state index < -0.39 is 0 Å². The average Bonchev–Trinajstić information content (AvgIpc) is 3.03. The van der Waals surface area contributed by atoms with Gasteiger partial charge in [-0.25, -0.2) is 4.98 Å². The van der Waals surface area contributed by atoms with E-state index in [1.807, 2.05) is 29.5 Å².